The Hall–Kier alpha value is -2.54. The van der Waals surface area contributed by atoms with Crippen LogP contribution in [0, 0.1) is 11.3 Å². The van der Waals surface area contributed by atoms with Crippen LogP contribution in [0.15, 0.2) is 60.8 Å². The third-order valence-corrected chi connectivity index (χ3v) is 3.23. The van der Waals surface area contributed by atoms with Gasteiger partial charge in [0.25, 0.3) is 0 Å². The van der Waals surface area contributed by atoms with E-state index in [2.05, 4.69) is 24.1 Å². The summed E-state index contributed by atoms with van der Waals surface area (Å²) in [4.78, 5) is 2.06. The molecule has 0 saturated carbocycles. The molecule has 21 heavy (non-hydrogen) atoms. The Labute approximate surface area is 125 Å². The highest BCUT2D eigenvalue weighted by atomic mass is 19.1. The molecule has 110 valence electrons. The molecule has 0 aliphatic carbocycles. The molecule has 0 amide bonds. The van der Waals surface area contributed by atoms with E-state index in [-0.39, 0.29) is 6.04 Å². The number of hydrogen-bond acceptors (Lipinski definition) is 3. The number of benzene rings is 1. The SMILES string of the molecule is C=CCC1C(=C)C(C#N)=CN1c1ccc(OC)cc1.CF. The first-order valence-corrected chi connectivity index (χ1v) is 6.43. The second-order valence-electron chi connectivity index (χ2n) is 4.33. The van der Waals surface area contributed by atoms with E-state index in [1.54, 1.807) is 7.11 Å². The van der Waals surface area contributed by atoms with Crippen molar-refractivity contribution >= 4 is 5.69 Å². The van der Waals surface area contributed by atoms with Gasteiger partial charge in [0.15, 0.2) is 0 Å². The number of hydrogen-bond donors (Lipinski definition) is 0. The van der Waals surface area contributed by atoms with E-state index < -0.39 is 0 Å². The molecule has 0 saturated heterocycles. The average Bonchev–Trinajstić information content (AvgIpc) is 2.86. The van der Waals surface area contributed by atoms with Crippen molar-refractivity contribution in [2.75, 3.05) is 19.2 Å². The lowest BCUT2D eigenvalue weighted by Crippen LogP contribution is -2.26. The quantitative estimate of drug-likeness (QED) is 0.785. The third-order valence-electron chi connectivity index (χ3n) is 3.23. The number of halogens is 1. The van der Waals surface area contributed by atoms with Crippen molar-refractivity contribution in [3.8, 4) is 11.8 Å². The number of methoxy groups -OCH3 is 1. The fourth-order valence-electron chi connectivity index (χ4n) is 2.18. The van der Waals surface area contributed by atoms with Crippen LogP contribution in [-0.4, -0.2) is 20.3 Å². The number of anilines is 1. The maximum absolute atomic E-state index is 9.50. The van der Waals surface area contributed by atoms with Gasteiger partial charge >= 0.3 is 0 Å². The van der Waals surface area contributed by atoms with Gasteiger partial charge in [0, 0.05) is 11.9 Å². The summed E-state index contributed by atoms with van der Waals surface area (Å²) in [5.41, 5.74) is 2.49. The standard InChI is InChI=1S/C16H16N2O.CH3F/c1-4-5-16-12(2)13(10-17)11-18(16)14-6-8-15(19-3)9-7-14;1-2/h4,6-9,11,16H,1-2,5H2,3H3;1H3. The lowest BCUT2D eigenvalue weighted by Gasteiger charge is -2.25. The monoisotopic (exact) mass is 286 g/mol. The molecule has 0 radical (unpaired) electrons. The van der Waals surface area contributed by atoms with Crippen molar-refractivity contribution in [3.05, 3.63) is 60.8 Å². The molecule has 1 aromatic rings. The molecule has 1 heterocycles. The summed E-state index contributed by atoms with van der Waals surface area (Å²) < 4.78 is 14.6. The molecular formula is C17H19FN2O. The molecule has 1 atom stereocenters. The summed E-state index contributed by atoms with van der Waals surface area (Å²) in [7, 11) is 2.14. The molecule has 0 bridgehead atoms. The Morgan fingerprint density at radius 2 is 2.00 bits per heavy atom. The minimum absolute atomic E-state index is 0.0699. The summed E-state index contributed by atoms with van der Waals surface area (Å²) in [5, 5.41) is 9.12. The Morgan fingerprint density at radius 3 is 2.48 bits per heavy atom. The average molecular weight is 286 g/mol. The maximum Gasteiger partial charge on any atom is 0.119 e. The lowest BCUT2D eigenvalue weighted by molar-refractivity contribution is 0.415. The normalized spacial score (nSPS) is 16.5. The van der Waals surface area contributed by atoms with E-state index in [9.17, 15) is 4.39 Å². The van der Waals surface area contributed by atoms with Crippen molar-refractivity contribution in [2.24, 2.45) is 0 Å². The molecule has 4 heteroatoms. The van der Waals surface area contributed by atoms with Crippen molar-refractivity contribution in [1.82, 2.24) is 0 Å². The van der Waals surface area contributed by atoms with Crippen LogP contribution >= 0.6 is 0 Å². The van der Waals surface area contributed by atoms with Crippen LogP contribution in [0.3, 0.4) is 0 Å². The number of alkyl halides is 1. The van der Waals surface area contributed by atoms with Gasteiger partial charge in [0.05, 0.1) is 25.9 Å². The molecule has 0 spiro atoms. The molecule has 0 fully saturated rings. The predicted octanol–water partition coefficient (Wildman–Crippen LogP) is 4.01. The van der Waals surface area contributed by atoms with E-state index in [4.69, 9.17) is 10.00 Å². The number of nitrogens with zero attached hydrogens (tertiary/aromatic N) is 2. The highest BCUT2D eigenvalue weighted by Crippen LogP contribution is 2.33. The van der Waals surface area contributed by atoms with Gasteiger partial charge in [-0.2, -0.15) is 5.26 Å². The van der Waals surface area contributed by atoms with Crippen LogP contribution in [0.5, 0.6) is 5.75 Å². The van der Waals surface area contributed by atoms with Crippen LogP contribution in [-0.2, 0) is 0 Å². The first kappa shape index (κ1) is 16.5. The second kappa shape index (κ2) is 7.91. The highest BCUT2D eigenvalue weighted by Gasteiger charge is 2.28. The van der Waals surface area contributed by atoms with E-state index in [1.165, 1.54) is 0 Å². The van der Waals surface area contributed by atoms with Gasteiger partial charge in [-0.05, 0) is 36.3 Å². The zero-order valence-corrected chi connectivity index (χ0v) is 12.3. The van der Waals surface area contributed by atoms with Crippen LogP contribution in [0.2, 0.25) is 0 Å². The van der Waals surface area contributed by atoms with Crippen molar-refractivity contribution in [3.63, 3.8) is 0 Å². The first-order chi connectivity index (χ1) is 10.2. The summed E-state index contributed by atoms with van der Waals surface area (Å²) in [6, 6.07) is 10.0. The van der Waals surface area contributed by atoms with E-state index in [1.807, 2.05) is 36.5 Å². The minimum atomic E-state index is 0.0699. The van der Waals surface area contributed by atoms with Gasteiger partial charge in [0.2, 0.25) is 0 Å². The minimum Gasteiger partial charge on any atom is -0.497 e. The van der Waals surface area contributed by atoms with E-state index >= 15 is 0 Å². The molecule has 1 unspecified atom stereocenters. The van der Waals surface area contributed by atoms with Gasteiger partial charge in [-0.3, -0.25) is 4.39 Å². The molecule has 2 rings (SSSR count). The third kappa shape index (κ3) is 3.51. The van der Waals surface area contributed by atoms with Crippen LogP contribution in [0.1, 0.15) is 6.42 Å². The van der Waals surface area contributed by atoms with Gasteiger partial charge in [0.1, 0.15) is 11.8 Å². The van der Waals surface area contributed by atoms with E-state index in [0.29, 0.717) is 12.8 Å². The number of ether oxygens (including phenoxy) is 1. The Bertz CT molecular complexity index is 569. The van der Waals surface area contributed by atoms with E-state index in [0.717, 1.165) is 23.4 Å². The summed E-state index contributed by atoms with van der Waals surface area (Å²) in [5.74, 6) is 0.812. The molecular weight excluding hydrogens is 267 g/mol. The Morgan fingerprint density at radius 1 is 1.38 bits per heavy atom. The number of rotatable bonds is 4. The Balaban J connectivity index is 0.00000106. The van der Waals surface area contributed by atoms with Crippen LogP contribution < -0.4 is 9.64 Å². The molecule has 1 aliphatic heterocycles. The Kier molecular flexibility index (Phi) is 6.22. The smallest absolute Gasteiger partial charge is 0.119 e. The fraction of sp³-hybridized carbons (Fsp3) is 0.235. The highest BCUT2D eigenvalue weighted by molar-refractivity contribution is 5.64. The van der Waals surface area contributed by atoms with Crippen molar-refractivity contribution in [2.45, 2.75) is 12.5 Å². The lowest BCUT2D eigenvalue weighted by atomic mass is 10.0. The second-order valence-corrected chi connectivity index (χ2v) is 4.33. The van der Waals surface area contributed by atoms with Gasteiger partial charge in [-0.25, -0.2) is 0 Å². The largest absolute Gasteiger partial charge is 0.497 e. The van der Waals surface area contributed by atoms with Gasteiger partial charge < -0.3 is 9.64 Å². The molecule has 3 nitrogen and oxygen atoms in total. The first-order valence-electron chi connectivity index (χ1n) is 6.43. The molecule has 0 aromatic heterocycles. The summed E-state index contributed by atoms with van der Waals surface area (Å²) in [6.07, 6.45) is 4.45. The zero-order chi connectivity index (χ0) is 15.8. The summed E-state index contributed by atoms with van der Waals surface area (Å²) >= 11 is 0. The maximum atomic E-state index is 9.50. The van der Waals surface area contributed by atoms with Crippen LogP contribution in [0.4, 0.5) is 10.1 Å². The topological polar surface area (TPSA) is 36.3 Å². The summed E-state index contributed by atoms with van der Waals surface area (Å²) in [6.45, 7) is 7.78. The van der Waals surface area contributed by atoms with Crippen molar-refractivity contribution in [1.29, 1.82) is 5.26 Å². The fourth-order valence-corrected chi connectivity index (χ4v) is 2.18. The predicted molar refractivity (Wildman–Crippen MR) is 83.9 cm³/mol. The zero-order valence-electron chi connectivity index (χ0n) is 12.3. The van der Waals surface area contributed by atoms with Gasteiger partial charge in [-0.15, -0.1) is 6.58 Å². The molecule has 0 N–H and O–H groups in total. The van der Waals surface area contributed by atoms with Crippen molar-refractivity contribution < 1.29 is 9.13 Å². The van der Waals surface area contributed by atoms with Crippen LogP contribution in [0.25, 0.3) is 0 Å². The molecule has 1 aliphatic rings. The molecule has 1 aromatic carbocycles. The number of nitriles is 1. The van der Waals surface area contributed by atoms with Gasteiger partial charge in [-0.1, -0.05) is 12.7 Å².